The van der Waals surface area contributed by atoms with E-state index in [0.717, 1.165) is 5.56 Å². The van der Waals surface area contributed by atoms with Gasteiger partial charge in [-0.1, -0.05) is 48.6 Å². The van der Waals surface area contributed by atoms with Crippen molar-refractivity contribution < 1.29 is 0 Å². The van der Waals surface area contributed by atoms with E-state index in [1.54, 1.807) is 25.7 Å². The maximum Gasteiger partial charge on any atom is 0.0277 e. The van der Waals surface area contributed by atoms with E-state index >= 15 is 0 Å². The van der Waals surface area contributed by atoms with Gasteiger partial charge in [-0.15, -0.1) is 0 Å². The van der Waals surface area contributed by atoms with Gasteiger partial charge in [-0.3, -0.25) is 9.98 Å². The molecule has 0 aliphatic carbocycles. The maximum atomic E-state index is 4.01. The molecule has 0 aliphatic heterocycles. The highest BCUT2D eigenvalue weighted by Crippen LogP contribution is 2.11. The summed E-state index contributed by atoms with van der Waals surface area (Å²) >= 11 is 0. The Morgan fingerprint density at radius 3 is 2.00 bits per heavy atom. The van der Waals surface area contributed by atoms with Crippen LogP contribution in [0.1, 0.15) is 23.6 Å². The third-order valence-electron chi connectivity index (χ3n) is 3.14. The van der Waals surface area contributed by atoms with E-state index in [1.807, 2.05) is 18.2 Å². The average Bonchev–Trinajstić information content (AvgIpc) is 2.58. The van der Waals surface area contributed by atoms with Gasteiger partial charge in [0.1, 0.15) is 0 Å². The molecule has 1 heterocycles. The molecule has 2 rings (SSSR count). The van der Waals surface area contributed by atoms with E-state index in [-0.39, 0.29) is 0 Å². The van der Waals surface area contributed by atoms with Crippen molar-refractivity contribution in [3.05, 3.63) is 83.2 Å². The van der Waals surface area contributed by atoms with Gasteiger partial charge in [0.2, 0.25) is 0 Å². The lowest BCUT2D eigenvalue weighted by atomic mass is 10.1. The molecular formula is C20H20N2. The number of rotatable bonds is 5. The van der Waals surface area contributed by atoms with E-state index < -0.39 is 0 Å². The zero-order valence-electron chi connectivity index (χ0n) is 13.0. The Labute approximate surface area is 132 Å². The molecule has 0 bridgehead atoms. The summed E-state index contributed by atoms with van der Waals surface area (Å²) < 4.78 is 0. The highest BCUT2D eigenvalue weighted by atomic mass is 14.6. The zero-order valence-corrected chi connectivity index (χ0v) is 13.0. The van der Waals surface area contributed by atoms with E-state index in [0.29, 0.717) is 0 Å². The molecule has 2 nitrogen and oxygen atoms in total. The molecule has 0 unspecified atom stereocenters. The Morgan fingerprint density at radius 1 is 0.864 bits per heavy atom. The Bertz CT molecular complexity index is 690. The number of aromatic nitrogens is 1. The normalized spacial score (nSPS) is 12.7. The summed E-state index contributed by atoms with van der Waals surface area (Å²) in [4.78, 5) is 7.95. The molecule has 1 aromatic carbocycles. The average molecular weight is 288 g/mol. The monoisotopic (exact) mass is 288 g/mol. The van der Waals surface area contributed by atoms with Gasteiger partial charge in [0, 0.05) is 25.7 Å². The first-order valence-corrected chi connectivity index (χ1v) is 7.23. The van der Waals surface area contributed by atoms with Crippen LogP contribution in [0.25, 0.3) is 18.2 Å². The van der Waals surface area contributed by atoms with Crippen LogP contribution in [0.5, 0.6) is 0 Å². The smallest absolute Gasteiger partial charge is 0.0277 e. The molecule has 1 aromatic heterocycles. The second-order valence-corrected chi connectivity index (χ2v) is 4.93. The predicted molar refractivity (Wildman–Crippen MR) is 96.8 cm³/mol. The second kappa shape index (κ2) is 8.53. The lowest BCUT2D eigenvalue weighted by molar-refractivity contribution is 1.32. The van der Waals surface area contributed by atoms with Crippen molar-refractivity contribution in [2.24, 2.45) is 4.99 Å². The van der Waals surface area contributed by atoms with Gasteiger partial charge in [-0.05, 0) is 47.4 Å². The first-order valence-electron chi connectivity index (χ1n) is 7.23. The molecule has 110 valence electrons. The molecule has 0 fully saturated rings. The molecule has 0 radical (unpaired) electrons. The van der Waals surface area contributed by atoms with Crippen molar-refractivity contribution in [2.45, 2.75) is 6.92 Å². The van der Waals surface area contributed by atoms with Crippen LogP contribution in [-0.4, -0.2) is 18.2 Å². The largest absolute Gasteiger partial charge is 0.297 e. The molecule has 2 aromatic rings. The minimum atomic E-state index is 1.15. The topological polar surface area (TPSA) is 25.2 Å². The molecule has 0 atom stereocenters. The third-order valence-corrected chi connectivity index (χ3v) is 3.14. The van der Waals surface area contributed by atoms with Crippen LogP contribution < -0.4 is 0 Å². The van der Waals surface area contributed by atoms with Crippen LogP contribution in [0.4, 0.5) is 0 Å². The maximum absolute atomic E-state index is 4.01. The Kier molecular flexibility index (Phi) is 6.06. The van der Waals surface area contributed by atoms with Crippen LogP contribution in [0, 0.1) is 0 Å². The van der Waals surface area contributed by atoms with Crippen LogP contribution in [0.2, 0.25) is 0 Å². The molecule has 0 spiro atoms. The van der Waals surface area contributed by atoms with Crippen LogP contribution >= 0.6 is 0 Å². The zero-order chi connectivity index (χ0) is 15.6. The highest BCUT2D eigenvalue weighted by Gasteiger charge is 1.90. The second-order valence-electron chi connectivity index (χ2n) is 4.93. The van der Waals surface area contributed by atoms with Gasteiger partial charge in [-0.2, -0.15) is 0 Å². The summed E-state index contributed by atoms with van der Waals surface area (Å²) in [5.74, 6) is 0. The van der Waals surface area contributed by atoms with Gasteiger partial charge >= 0.3 is 0 Å². The Morgan fingerprint density at radius 2 is 1.41 bits per heavy atom. The van der Waals surface area contributed by atoms with Crippen LogP contribution in [-0.2, 0) is 0 Å². The number of hydrogen-bond donors (Lipinski definition) is 0. The van der Waals surface area contributed by atoms with Crippen molar-refractivity contribution in [3.8, 4) is 0 Å². The highest BCUT2D eigenvalue weighted by molar-refractivity contribution is 5.73. The number of pyridine rings is 1. The fourth-order valence-electron chi connectivity index (χ4n) is 1.86. The van der Waals surface area contributed by atoms with Crippen molar-refractivity contribution in [3.63, 3.8) is 0 Å². The molecule has 22 heavy (non-hydrogen) atoms. The SMILES string of the molecule is C\N=C/C=C(C)/C=C/c1ccc(/C=C/c2ccncc2)cc1. The summed E-state index contributed by atoms with van der Waals surface area (Å²) in [6.07, 6.45) is 15.8. The van der Waals surface area contributed by atoms with Crippen molar-refractivity contribution >= 4 is 24.4 Å². The van der Waals surface area contributed by atoms with Gasteiger partial charge in [0.05, 0.1) is 0 Å². The summed E-state index contributed by atoms with van der Waals surface area (Å²) in [7, 11) is 1.77. The summed E-state index contributed by atoms with van der Waals surface area (Å²) in [5.41, 5.74) is 4.69. The molecular weight excluding hydrogens is 268 g/mol. The van der Waals surface area contributed by atoms with Crippen molar-refractivity contribution in [2.75, 3.05) is 7.05 Å². The van der Waals surface area contributed by atoms with E-state index in [1.165, 1.54) is 16.7 Å². The number of allylic oxidation sites excluding steroid dienone is 3. The summed E-state index contributed by atoms with van der Waals surface area (Å²) in [6.45, 7) is 2.06. The minimum Gasteiger partial charge on any atom is -0.297 e. The van der Waals surface area contributed by atoms with Gasteiger partial charge in [0.15, 0.2) is 0 Å². The van der Waals surface area contributed by atoms with E-state index in [9.17, 15) is 0 Å². The standard InChI is InChI=1S/C20H20N2/c1-17(11-14-21-2)3-4-18-5-7-19(8-6-18)9-10-20-12-15-22-16-13-20/h3-16H,1-2H3/b4-3+,10-9+,17-11+,21-14-. The first kappa shape index (κ1) is 15.6. The lowest BCUT2D eigenvalue weighted by Crippen LogP contribution is -1.77. The predicted octanol–water partition coefficient (Wildman–Crippen LogP) is 4.91. The molecule has 0 amide bonds. The minimum absolute atomic E-state index is 1.15. The first-order chi connectivity index (χ1) is 10.8. The van der Waals surface area contributed by atoms with Crippen molar-refractivity contribution in [1.82, 2.24) is 4.98 Å². The molecule has 2 heteroatoms. The van der Waals surface area contributed by atoms with Crippen LogP contribution in [0.3, 0.4) is 0 Å². The Balaban J connectivity index is 2.01. The summed E-state index contributed by atoms with van der Waals surface area (Å²) in [6, 6.07) is 12.4. The van der Waals surface area contributed by atoms with Crippen LogP contribution in [0.15, 0.2) is 71.5 Å². The number of aliphatic imine (C=N–C) groups is 1. The third kappa shape index (κ3) is 5.33. The van der Waals surface area contributed by atoms with Gasteiger partial charge in [-0.25, -0.2) is 0 Å². The number of hydrogen-bond acceptors (Lipinski definition) is 2. The quantitative estimate of drug-likeness (QED) is 0.566. The molecule has 0 saturated heterocycles. The van der Waals surface area contributed by atoms with E-state index in [2.05, 4.69) is 65.5 Å². The fraction of sp³-hybridized carbons (Fsp3) is 0.100. The molecule has 0 aliphatic rings. The van der Waals surface area contributed by atoms with Gasteiger partial charge in [0.25, 0.3) is 0 Å². The number of benzene rings is 1. The molecule has 0 saturated carbocycles. The van der Waals surface area contributed by atoms with Crippen molar-refractivity contribution in [1.29, 1.82) is 0 Å². The summed E-state index contributed by atoms with van der Waals surface area (Å²) in [5, 5.41) is 0. The fourth-order valence-corrected chi connectivity index (χ4v) is 1.86. The number of nitrogens with zero attached hydrogens (tertiary/aromatic N) is 2. The van der Waals surface area contributed by atoms with E-state index in [4.69, 9.17) is 0 Å². The molecule has 0 N–H and O–H groups in total. The Hall–Kier alpha value is -2.74. The van der Waals surface area contributed by atoms with Gasteiger partial charge < -0.3 is 0 Å². The lowest BCUT2D eigenvalue weighted by Gasteiger charge is -1.97.